The summed E-state index contributed by atoms with van der Waals surface area (Å²) in [4.78, 5) is 11.5. The van der Waals surface area contributed by atoms with Crippen molar-refractivity contribution in [1.29, 1.82) is 0 Å². The van der Waals surface area contributed by atoms with Gasteiger partial charge in [0.1, 0.15) is 0 Å². The molecule has 0 bridgehead atoms. The minimum absolute atomic E-state index is 0.0860. The van der Waals surface area contributed by atoms with Gasteiger partial charge in [0, 0.05) is 13.1 Å². The molecule has 5 nitrogen and oxygen atoms in total. The van der Waals surface area contributed by atoms with E-state index in [0.717, 1.165) is 36.4 Å². The van der Waals surface area contributed by atoms with Gasteiger partial charge in [0.05, 0.1) is 19.8 Å². The number of unbranched alkanes of at least 4 members (excludes halogenated alkanes) is 2. The van der Waals surface area contributed by atoms with Gasteiger partial charge >= 0.3 is 0 Å². The van der Waals surface area contributed by atoms with Crippen molar-refractivity contribution in [3.63, 3.8) is 0 Å². The van der Waals surface area contributed by atoms with Crippen molar-refractivity contribution in [2.45, 2.75) is 45.2 Å². The van der Waals surface area contributed by atoms with Crippen molar-refractivity contribution < 1.29 is 14.3 Å². The number of hydrogen-bond donors (Lipinski definition) is 2. The molecule has 1 unspecified atom stereocenters. The van der Waals surface area contributed by atoms with Gasteiger partial charge in [-0.25, -0.2) is 0 Å². The van der Waals surface area contributed by atoms with E-state index in [1.807, 2.05) is 18.2 Å². The largest absolute Gasteiger partial charge is 0.493 e. The molecular weight excluding hydrogens is 280 g/mol. The van der Waals surface area contributed by atoms with Crippen LogP contribution in [0.3, 0.4) is 0 Å². The predicted molar refractivity (Wildman–Crippen MR) is 86.3 cm³/mol. The highest BCUT2D eigenvalue weighted by Gasteiger charge is 2.23. The van der Waals surface area contributed by atoms with E-state index in [1.165, 1.54) is 12.8 Å². The molecule has 22 heavy (non-hydrogen) atoms. The zero-order valence-corrected chi connectivity index (χ0v) is 13.5. The van der Waals surface area contributed by atoms with Gasteiger partial charge in [0.25, 0.3) is 0 Å². The quantitative estimate of drug-likeness (QED) is 0.687. The minimum Gasteiger partial charge on any atom is -0.493 e. The van der Waals surface area contributed by atoms with Gasteiger partial charge in [-0.3, -0.25) is 4.79 Å². The summed E-state index contributed by atoms with van der Waals surface area (Å²) >= 11 is 0. The highest BCUT2D eigenvalue weighted by Crippen LogP contribution is 2.28. The lowest BCUT2D eigenvalue weighted by atomic mass is 10.1. The first-order valence-electron chi connectivity index (χ1n) is 8.05. The maximum absolute atomic E-state index is 11.5. The van der Waals surface area contributed by atoms with Gasteiger partial charge in [-0.15, -0.1) is 0 Å². The Morgan fingerprint density at radius 2 is 2.18 bits per heavy atom. The molecule has 2 N–H and O–H groups in total. The van der Waals surface area contributed by atoms with Crippen molar-refractivity contribution in [2.24, 2.45) is 0 Å². The number of hydrogen-bond acceptors (Lipinski definition) is 4. The van der Waals surface area contributed by atoms with E-state index in [1.54, 1.807) is 7.11 Å². The number of amides is 1. The maximum atomic E-state index is 11.5. The van der Waals surface area contributed by atoms with Gasteiger partial charge in [0.15, 0.2) is 11.5 Å². The molecule has 1 amide bonds. The van der Waals surface area contributed by atoms with Gasteiger partial charge in [-0.05, 0) is 30.5 Å². The summed E-state index contributed by atoms with van der Waals surface area (Å²) in [6.45, 7) is 4.28. The summed E-state index contributed by atoms with van der Waals surface area (Å²) in [5, 5.41) is 6.09. The molecule has 0 saturated carbocycles. The molecule has 1 atom stereocenters. The third kappa shape index (κ3) is 4.63. The molecule has 5 heteroatoms. The molecule has 2 rings (SSSR count). The smallest absolute Gasteiger partial charge is 0.237 e. The molecule has 1 aliphatic rings. The van der Waals surface area contributed by atoms with E-state index < -0.39 is 0 Å². The maximum Gasteiger partial charge on any atom is 0.237 e. The number of rotatable bonds is 9. The molecular formula is C17H26N2O3. The van der Waals surface area contributed by atoms with Crippen molar-refractivity contribution >= 4 is 5.91 Å². The zero-order valence-electron chi connectivity index (χ0n) is 13.5. The number of ether oxygens (including phenoxy) is 2. The summed E-state index contributed by atoms with van der Waals surface area (Å²) in [6.07, 6.45) is 4.25. The van der Waals surface area contributed by atoms with Crippen LogP contribution in [0.4, 0.5) is 0 Å². The van der Waals surface area contributed by atoms with Crippen LogP contribution < -0.4 is 20.1 Å². The van der Waals surface area contributed by atoms with Crippen LogP contribution in [0.15, 0.2) is 18.2 Å². The summed E-state index contributed by atoms with van der Waals surface area (Å²) in [5.41, 5.74) is 1.08. The van der Waals surface area contributed by atoms with Crippen LogP contribution >= 0.6 is 0 Å². The molecule has 1 saturated heterocycles. The third-order valence-corrected chi connectivity index (χ3v) is 3.83. The average Bonchev–Trinajstić information content (AvgIpc) is 2.95. The molecule has 0 spiro atoms. The highest BCUT2D eigenvalue weighted by molar-refractivity contribution is 5.83. The number of carbonyl (C=O) groups excluding carboxylic acids is 1. The van der Waals surface area contributed by atoms with Gasteiger partial charge < -0.3 is 20.1 Å². The fraction of sp³-hybridized carbons (Fsp3) is 0.588. The first kappa shape index (κ1) is 16.6. The second-order valence-corrected chi connectivity index (χ2v) is 5.55. The van der Waals surface area contributed by atoms with E-state index in [4.69, 9.17) is 9.47 Å². The molecule has 1 fully saturated rings. The number of methoxy groups -OCH3 is 1. The fourth-order valence-electron chi connectivity index (χ4n) is 2.51. The Bertz CT molecular complexity index is 491. The van der Waals surface area contributed by atoms with E-state index in [0.29, 0.717) is 13.2 Å². The second kappa shape index (κ2) is 8.63. The summed E-state index contributed by atoms with van der Waals surface area (Å²) in [6, 6.07) is 5.83. The molecule has 1 heterocycles. The number of carbonyl (C=O) groups is 1. The Kier molecular flexibility index (Phi) is 6.52. The Labute approximate surface area is 132 Å². The summed E-state index contributed by atoms with van der Waals surface area (Å²) in [5.74, 6) is 1.61. The van der Waals surface area contributed by atoms with Crippen molar-refractivity contribution in [1.82, 2.24) is 10.6 Å². The van der Waals surface area contributed by atoms with Crippen LogP contribution in [-0.2, 0) is 11.3 Å². The Hall–Kier alpha value is -1.75. The monoisotopic (exact) mass is 306 g/mol. The van der Waals surface area contributed by atoms with E-state index in [-0.39, 0.29) is 11.9 Å². The molecule has 1 aromatic rings. The van der Waals surface area contributed by atoms with Crippen LogP contribution in [0.2, 0.25) is 0 Å². The van der Waals surface area contributed by atoms with Gasteiger partial charge in [-0.1, -0.05) is 25.8 Å². The van der Waals surface area contributed by atoms with E-state index in [9.17, 15) is 4.79 Å². The molecule has 0 aliphatic carbocycles. The number of benzene rings is 1. The summed E-state index contributed by atoms with van der Waals surface area (Å²) < 4.78 is 11.2. The fourth-order valence-corrected chi connectivity index (χ4v) is 2.51. The average molecular weight is 306 g/mol. The first-order chi connectivity index (χ1) is 10.7. The Morgan fingerprint density at radius 1 is 1.32 bits per heavy atom. The zero-order chi connectivity index (χ0) is 15.8. The first-order valence-corrected chi connectivity index (χ1v) is 8.05. The molecule has 0 aromatic heterocycles. The SMILES string of the molecule is CCCCCOc1ccc(CNC2CCNC2=O)cc1OC. The standard InChI is InChI=1S/C17H26N2O3/c1-3-4-5-10-22-15-7-6-13(11-16(15)21-2)12-19-14-8-9-18-17(14)20/h6-7,11,14,19H,3-5,8-10,12H2,1-2H3,(H,18,20). The lowest BCUT2D eigenvalue weighted by molar-refractivity contribution is -0.120. The molecule has 0 radical (unpaired) electrons. The van der Waals surface area contributed by atoms with E-state index >= 15 is 0 Å². The highest BCUT2D eigenvalue weighted by atomic mass is 16.5. The minimum atomic E-state index is -0.0871. The van der Waals surface area contributed by atoms with Crippen LogP contribution in [0, 0.1) is 0 Å². The second-order valence-electron chi connectivity index (χ2n) is 5.55. The van der Waals surface area contributed by atoms with Crippen molar-refractivity contribution in [2.75, 3.05) is 20.3 Å². The van der Waals surface area contributed by atoms with Crippen LogP contribution in [-0.4, -0.2) is 32.2 Å². The Morgan fingerprint density at radius 3 is 2.86 bits per heavy atom. The predicted octanol–water partition coefficient (Wildman–Crippen LogP) is 2.24. The van der Waals surface area contributed by atoms with Gasteiger partial charge in [-0.2, -0.15) is 0 Å². The summed E-state index contributed by atoms with van der Waals surface area (Å²) in [7, 11) is 1.65. The van der Waals surface area contributed by atoms with Gasteiger partial charge in [0.2, 0.25) is 5.91 Å². The van der Waals surface area contributed by atoms with E-state index in [2.05, 4.69) is 17.6 Å². The molecule has 122 valence electrons. The third-order valence-electron chi connectivity index (χ3n) is 3.83. The lowest BCUT2D eigenvalue weighted by Gasteiger charge is -2.14. The van der Waals surface area contributed by atoms with Crippen molar-refractivity contribution in [3.8, 4) is 11.5 Å². The molecule has 1 aliphatic heterocycles. The van der Waals surface area contributed by atoms with Crippen LogP contribution in [0.25, 0.3) is 0 Å². The molecule has 1 aromatic carbocycles. The number of nitrogens with one attached hydrogen (secondary N) is 2. The normalized spacial score (nSPS) is 17.4. The lowest BCUT2D eigenvalue weighted by Crippen LogP contribution is -2.35. The van der Waals surface area contributed by atoms with Crippen LogP contribution in [0.5, 0.6) is 11.5 Å². The topological polar surface area (TPSA) is 59.6 Å². The van der Waals surface area contributed by atoms with Crippen molar-refractivity contribution in [3.05, 3.63) is 23.8 Å². The van der Waals surface area contributed by atoms with Crippen LogP contribution in [0.1, 0.15) is 38.2 Å². The Balaban J connectivity index is 1.88.